The molecule has 2 aromatic rings. The van der Waals surface area contributed by atoms with Crippen LogP contribution in [0.3, 0.4) is 0 Å². The van der Waals surface area contributed by atoms with E-state index in [4.69, 9.17) is 11.6 Å². The molecule has 0 aliphatic rings. The zero-order chi connectivity index (χ0) is 16.2. The monoisotopic (exact) mass is 342 g/mol. The van der Waals surface area contributed by atoms with E-state index in [0.717, 1.165) is 6.07 Å². The first kappa shape index (κ1) is 16.4. The molecule has 2 rings (SSSR count). The quantitative estimate of drug-likeness (QED) is 0.876. The van der Waals surface area contributed by atoms with Gasteiger partial charge in [-0.25, -0.2) is 17.5 Å². The highest BCUT2D eigenvalue weighted by atomic mass is 35.5. The standard InChI is InChI=1S/C14H12ClFN2O3S/c15-12-8-10(6-7-13(12)16)18-14(19)9-17-22(20,21)11-4-2-1-3-5-11/h1-8,17H,9H2,(H,18,19). The fraction of sp³-hybridized carbons (Fsp3) is 0.0714. The zero-order valence-corrected chi connectivity index (χ0v) is 12.8. The summed E-state index contributed by atoms with van der Waals surface area (Å²) in [5.41, 5.74) is 0.273. The Kier molecular flexibility index (Phi) is 5.12. The minimum Gasteiger partial charge on any atom is -0.325 e. The topological polar surface area (TPSA) is 75.3 Å². The third-order valence-electron chi connectivity index (χ3n) is 2.68. The number of halogens is 2. The lowest BCUT2D eigenvalue weighted by Gasteiger charge is -2.08. The van der Waals surface area contributed by atoms with Gasteiger partial charge in [0.15, 0.2) is 0 Å². The van der Waals surface area contributed by atoms with E-state index in [2.05, 4.69) is 10.0 Å². The number of carbonyl (C=O) groups excluding carboxylic acids is 1. The van der Waals surface area contributed by atoms with Crippen LogP contribution in [0.5, 0.6) is 0 Å². The average molecular weight is 343 g/mol. The van der Waals surface area contributed by atoms with Gasteiger partial charge >= 0.3 is 0 Å². The van der Waals surface area contributed by atoms with E-state index in [-0.39, 0.29) is 15.6 Å². The van der Waals surface area contributed by atoms with Crippen LogP contribution >= 0.6 is 11.6 Å². The molecule has 0 atom stereocenters. The largest absolute Gasteiger partial charge is 0.325 e. The van der Waals surface area contributed by atoms with Crippen LogP contribution in [-0.4, -0.2) is 20.9 Å². The van der Waals surface area contributed by atoms with Crippen molar-refractivity contribution in [2.75, 3.05) is 11.9 Å². The van der Waals surface area contributed by atoms with Gasteiger partial charge in [-0.1, -0.05) is 29.8 Å². The SMILES string of the molecule is O=C(CNS(=O)(=O)c1ccccc1)Nc1ccc(F)c(Cl)c1. The van der Waals surface area contributed by atoms with Gasteiger partial charge in [-0.2, -0.15) is 0 Å². The second kappa shape index (κ2) is 6.87. The van der Waals surface area contributed by atoms with Crippen LogP contribution in [0.2, 0.25) is 5.02 Å². The Morgan fingerprint density at radius 3 is 2.45 bits per heavy atom. The Hall–Kier alpha value is -1.96. The van der Waals surface area contributed by atoms with Crippen LogP contribution in [0, 0.1) is 5.82 Å². The van der Waals surface area contributed by atoms with E-state index in [9.17, 15) is 17.6 Å². The molecule has 0 spiro atoms. The third-order valence-corrected chi connectivity index (χ3v) is 4.39. The molecule has 2 N–H and O–H groups in total. The first-order chi connectivity index (χ1) is 10.4. The minimum absolute atomic E-state index is 0.0626. The summed E-state index contributed by atoms with van der Waals surface area (Å²) in [5, 5.41) is 2.28. The van der Waals surface area contributed by atoms with E-state index in [1.165, 1.54) is 24.3 Å². The maximum atomic E-state index is 13.0. The van der Waals surface area contributed by atoms with Gasteiger partial charge in [0.05, 0.1) is 16.5 Å². The van der Waals surface area contributed by atoms with Gasteiger partial charge in [-0.15, -0.1) is 0 Å². The van der Waals surface area contributed by atoms with Crippen molar-refractivity contribution in [1.82, 2.24) is 4.72 Å². The summed E-state index contributed by atoms with van der Waals surface area (Å²) < 4.78 is 39.0. The molecule has 8 heteroatoms. The molecule has 5 nitrogen and oxygen atoms in total. The maximum Gasteiger partial charge on any atom is 0.241 e. The van der Waals surface area contributed by atoms with Crippen molar-refractivity contribution >= 4 is 33.2 Å². The predicted octanol–water partition coefficient (Wildman–Crippen LogP) is 2.40. The molecular weight excluding hydrogens is 331 g/mol. The Morgan fingerprint density at radius 2 is 1.82 bits per heavy atom. The molecule has 116 valence electrons. The molecule has 0 radical (unpaired) electrons. The molecule has 22 heavy (non-hydrogen) atoms. The van der Waals surface area contributed by atoms with E-state index in [1.807, 2.05) is 0 Å². The van der Waals surface area contributed by atoms with Gasteiger partial charge in [-0.05, 0) is 30.3 Å². The summed E-state index contributed by atoms with van der Waals surface area (Å²) >= 11 is 5.59. The molecule has 0 aliphatic heterocycles. The van der Waals surface area contributed by atoms with E-state index < -0.39 is 28.3 Å². The Labute approximate surface area is 132 Å². The Morgan fingerprint density at radius 1 is 1.14 bits per heavy atom. The predicted molar refractivity (Wildman–Crippen MR) is 81.7 cm³/mol. The molecule has 0 aromatic heterocycles. The van der Waals surface area contributed by atoms with E-state index in [0.29, 0.717) is 0 Å². The van der Waals surface area contributed by atoms with Gasteiger partial charge in [0.25, 0.3) is 0 Å². The second-order valence-electron chi connectivity index (χ2n) is 4.31. The second-order valence-corrected chi connectivity index (χ2v) is 6.49. The first-order valence-corrected chi connectivity index (χ1v) is 8.04. The maximum absolute atomic E-state index is 13.0. The molecule has 2 aromatic carbocycles. The summed E-state index contributed by atoms with van der Waals surface area (Å²) in [7, 11) is -3.76. The van der Waals surface area contributed by atoms with Crippen molar-refractivity contribution < 1.29 is 17.6 Å². The van der Waals surface area contributed by atoms with Gasteiger partial charge in [0.2, 0.25) is 15.9 Å². The van der Waals surface area contributed by atoms with Crippen LogP contribution < -0.4 is 10.0 Å². The van der Waals surface area contributed by atoms with Gasteiger partial charge in [0.1, 0.15) is 5.82 Å². The fourth-order valence-electron chi connectivity index (χ4n) is 1.62. The van der Waals surface area contributed by atoms with E-state index in [1.54, 1.807) is 18.2 Å². The number of amides is 1. The summed E-state index contributed by atoms with van der Waals surface area (Å²) in [5.74, 6) is -1.20. The fourth-order valence-corrected chi connectivity index (χ4v) is 2.81. The molecule has 0 saturated heterocycles. The van der Waals surface area contributed by atoms with Crippen LogP contribution in [0.25, 0.3) is 0 Å². The molecule has 0 saturated carbocycles. The highest BCUT2D eigenvalue weighted by Crippen LogP contribution is 2.19. The first-order valence-electron chi connectivity index (χ1n) is 6.18. The van der Waals surface area contributed by atoms with Gasteiger partial charge < -0.3 is 5.32 Å². The number of rotatable bonds is 5. The zero-order valence-electron chi connectivity index (χ0n) is 11.2. The summed E-state index contributed by atoms with van der Waals surface area (Å²) in [6.07, 6.45) is 0. The lowest BCUT2D eigenvalue weighted by atomic mass is 10.3. The van der Waals surface area contributed by atoms with Crippen molar-refractivity contribution in [2.45, 2.75) is 4.90 Å². The lowest BCUT2D eigenvalue weighted by molar-refractivity contribution is -0.115. The van der Waals surface area contributed by atoms with Crippen LogP contribution in [0.1, 0.15) is 0 Å². The molecule has 0 unspecified atom stereocenters. The summed E-state index contributed by atoms with van der Waals surface area (Å²) in [6.45, 7) is -0.452. The molecule has 0 bridgehead atoms. The van der Waals surface area contributed by atoms with Gasteiger partial charge in [0, 0.05) is 5.69 Å². The van der Waals surface area contributed by atoms with Gasteiger partial charge in [-0.3, -0.25) is 4.79 Å². The summed E-state index contributed by atoms with van der Waals surface area (Å²) in [6, 6.07) is 11.3. The van der Waals surface area contributed by atoms with Crippen molar-refractivity contribution in [3.05, 3.63) is 59.4 Å². The molecule has 0 heterocycles. The normalized spacial score (nSPS) is 11.2. The number of anilines is 1. The van der Waals surface area contributed by atoms with Crippen LogP contribution in [-0.2, 0) is 14.8 Å². The van der Waals surface area contributed by atoms with Crippen molar-refractivity contribution in [1.29, 1.82) is 0 Å². The highest BCUT2D eigenvalue weighted by Gasteiger charge is 2.15. The molecule has 1 amide bonds. The van der Waals surface area contributed by atoms with Crippen LogP contribution in [0.4, 0.5) is 10.1 Å². The van der Waals surface area contributed by atoms with Crippen LogP contribution in [0.15, 0.2) is 53.4 Å². The number of nitrogens with one attached hydrogen (secondary N) is 2. The Bertz CT molecular complexity index is 782. The Balaban J connectivity index is 1.97. The van der Waals surface area contributed by atoms with E-state index >= 15 is 0 Å². The summed E-state index contributed by atoms with van der Waals surface area (Å²) in [4.78, 5) is 11.8. The number of hydrogen-bond acceptors (Lipinski definition) is 3. The number of benzene rings is 2. The van der Waals surface area contributed by atoms with Crippen molar-refractivity contribution in [3.8, 4) is 0 Å². The molecule has 0 fully saturated rings. The molecule has 0 aliphatic carbocycles. The average Bonchev–Trinajstić information content (AvgIpc) is 2.50. The lowest BCUT2D eigenvalue weighted by Crippen LogP contribution is -2.32. The number of hydrogen-bond donors (Lipinski definition) is 2. The smallest absolute Gasteiger partial charge is 0.241 e. The minimum atomic E-state index is -3.76. The molecular formula is C14H12ClFN2O3S. The third kappa shape index (κ3) is 4.27. The number of sulfonamides is 1. The number of carbonyl (C=O) groups is 1. The van der Waals surface area contributed by atoms with Crippen molar-refractivity contribution in [3.63, 3.8) is 0 Å². The highest BCUT2D eigenvalue weighted by molar-refractivity contribution is 7.89. The van der Waals surface area contributed by atoms with Crippen molar-refractivity contribution in [2.24, 2.45) is 0 Å².